The third-order valence-electron chi connectivity index (χ3n) is 16.2. The van der Waals surface area contributed by atoms with Gasteiger partial charge in [-0.05, 0) is 109 Å². The van der Waals surface area contributed by atoms with Crippen molar-refractivity contribution >= 4 is 17.9 Å². The van der Waals surface area contributed by atoms with Gasteiger partial charge in [-0.25, -0.2) is 0 Å². The molecule has 0 bridgehead atoms. The van der Waals surface area contributed by atoms with Gasteiger partial charge in [-0.3, -0.25) is 14.4 Å². The van der Waals surface area contributed by atoms with Crippen molar-refractivity contribution < 1.29 is 28.6 Å². The smallest absolute Gasteiger partial charge is 0.306 e. The highest BCUT2D eigenvalue weighted by molar-refractivity contribution is 5.71. The van der Waals surface area contributed by atoms with Gasteiger partial charge >= 0.3 is 17.9 Å². The summed E-state index contributed by atoms with van der Waals surface area (Å²) in [6, 6.07) is 0. The molecule has 0 saturated carbocycles. The molecule has 0 aliphatic heterocycles. The summed E-state index contributed by atoms with van der Waals surface area (Å²) >= 11 is 0. The summed E-state index contributed by atoms with van der Waals surface area (Å²) in [6.07, 6.45) is 93.6. The molecule has 0 aromatic heterocycles. The van der Waals surface area contributed by atoms with Crippen molar-refractivity contribution in [2.24, 2.45) is 0 Å². The number of esters is 3. The first-order chi connectivity index (χ1) is 41.0. The zero-order chi connectivity index (χ0) is 59.9. The van der Waals surface area contributed by atoms with E-state index in [0.29, 0.717) is 19.3 Å². The molecule has 0 aliphatic rings. The van der Waals surface area contributed by atoms with Gasteiger partial charge in [0, 0.05) is 19.3 Å². The lowest BCUT2D eigenvalue weighted by atomic mass is 10.0. The quantitative estimate of drug-likeness (QED) is 0.0261. The van der Waals surface area contributed by atoms with Gasteiger partial charge in [-0.2, -0.15) is 0 Å². The van der Waals surface area contributed by atoms with Crippen molar-refractivity contribution in [2.45, 2.75) is 386 Å². The topological polar surface area (TPSA) is 78.9 Å². The Balaban J connectivity index is 4.30. The molecule has 0 spiro atoms. The Morgan fingerprint density at radius 1 is 0.253 bits per heavy atom. The Morgan fingerprint density at radius 2 is 0.470 bits per heavy atom. The normalized spacial score (nSPS) is 12.5. The van der Waals surface area contributed by atoms with E-state index in [1.165, 1.54) is 250 Å². The van der Waals surface area contributed by atoms with Crippen LogP contribution < -0.4 is 0 Å². The average Bonchev–Trinajstić information content (AvgIpc) is 3.50. The highest BCUT2D eigenvalue weighted by Crippen LogP contribution is 2.18. The maximum Gasteiger partial charge on any atom is 0.306 e. The number of ether oxygens (including phenoxy) is 3. The minimum absolute atomic E-state index is 0.0765. The van der Waals surface area contributed by atoms with Crippen LogP contribution in [0.5, 0.6) is 0 Å². The Hall–Kier alpha value is -3.15. The van der Waals surface area contributed by atoms with Crippen molar-refractivity contribution in [3.63, 3.8) is 0 Å². The molecule has 0 saturated heterocycles. The van der Waals surface area contributed by atoms with E-state index in [1.54, 1.807) is 0 Å². The highest BCUT2D eigenvalue weighted by Gasteiger charge is 2.19. The summed E-state index contributed by atoms with van der Waals surface area (Å²) in [6.45, 7) is 6.57. The van der Waals surface area contributed by atoms with Crippen LogP contribution >= 0.6 is 0 Å². The number of hydrogen-bond donors (Lipinski definition) is 0. The van der Waals surface area contributed by atoms with E-state index < -0.39 is 6.10 Å². The number of carbonyl (C=O) groups excluding carboxylic acids is 3. The molecule has 1 atom stereocenters. The molecule has 0 fully saturated rings. The second-order valence-corrected chi connectivity index (χ2v) is 24.5. The first-order valence-electron chi connectivity index (χ1n) is 36.4. The summed E-state index contributed by atoms with van der Waals surface area (Å²) in [5, 5.41) is 0. The fourth-order valence-corrected chi connectivity index (χ4v) is 10.7. The third-order valence-corrected chi connectivity index (χ3v) is 16.2. The SMILES string of the molecule is CC/C=C\C/C=C\C/C=C\CCCCCCCCCC(=O)OCC(COC(=O)CCCCCCCCCCCCCCCCC/C=C\C/C=C\CCCCCCC)OC(=O)CCCCCCCCCCC/C=C\CCCCCCCCCC. The predicted octanol–water partition coefficient (Wildman–Crippen LogP) is 25.2. The molecule has 83 heavy (non-hydrogen) atoms. The molecule has 0 heterocycles. The van der Waals surface area contributed by atoms with E-state index in [2.05, 4.69) is 93.7 Å². The minimum Gasteiger partial charge on any atom is -0.462 e. The van der Waals surface area contributed by atoms with Crippen LogP contribution in [0, 0.1) is 0 Å². The van der Waals surface area contributed by atoms with Crippen LogP contribution in [0.4, 0.5) is 0 Å². The molecule has 0 aromatic carbocycles. The predicted molar refractivity (Wildman–Crippen MR) is 362 cm³/mol. The lowest BCUT2D eigenvalue weighted by Crippen LogP contribution is -2.30. The lowest BCUT2D eigenvalue weighted by Gasteiger charge is -2.18. The summed E-state index contributed by atoms with van der Waals surface area (Å²) in [4.78, 5) is 38.5. The number of allylic oxidation sites excluding steroid dienone is 12. The molecule has 0 aliphatic carbocycles. The van der Waals surface area contributed by atoms with Gasteiger partial charge in [0.25, 0.3) is 0 Å². The van der Waals surface area contributed by atoms with Crippen molar-refractivity contribution in [3.05, 3.63) is 72.9 Å². The zero-order valence-corrected chi connectivity index (χ0v) is 55.5. The Kier molecular flexibility index (Phi) is 68.6. The lowest BCUT2D eigenvalue weighted by molar-refractivity contribution is -0.167. The van der Waals surface area contributed by atoms with Crippen LogP contribution in [0.25, 0.3) is 0 Å². The van der Waals surface area contributed by atoms with Gasteiger partial charge in [0.2, 0.25) is 0 Å². The molecular formula is C77H138O6. The van der Waals surface area contributed by atoms with Gasteiger partial charge in [-0.1, -0.05) is 325 Å². The van der Waals surface area contributed by atoms with Crippen LogP contribution in [0.1, 0.15) is 380 Å². The second kappa shape index (κ2) is 71.3. The second-order valence-electron chi connectivity index (χ2n) is 24.5. The summed E-state index contributed by atoms with van der Waals surface area (Å²) < 4.78 is 17.0. The van der Waals surface area contributed by atoms with Gasteiger partial charge in [0.15, 0.2) is 6.10 Å². The molecule has 482 valence electrons. The average molecular weight is 1160 g/mol. The molecule has 0 N–H and O–H groups in total. The largest absolute Gasteiger partial charge is 0.462 e. The molecule has 0 radical (unpaired) electrons. The molecule has 1 unspecified atom stereocenters. The minimum atomic E-state index is -0.782. The zero-order valence-electron chi connectivity index (χ0n) is 55.5. The number of rotatable bonds is 67. The molecule has 0 rings (SSSR count). The first kappa shape index (κ1) is 79.8. The summed E-state index contributed by atoms with van der Waals surface area (Å²) in [7, 11) is 0. The number of hydrogen-bond acceptors (Lipinski definition) is 6. The highest BCUT2D eigenvalue weighted by atomic mass is 16.6. The standard InChI is InChI=1S/C77H138O6/c1-4-7-10-13-16-19-22-25-28-31-33-35-36-37-38-39-40-42-43-46-49-52-55-58-61-64-67-70-76(79)82-73-74(72-81-75(78)69-66-63-60-57-54-51-48-45-30-27-24-21-18-15-12-9-6-3)83-77(80)71-68-65-62-59-56-53-50-47-44-41-34-32-29-26-23-20-17-14-11-8-5-2/h9,12,18,21-22,25,27,30-34,74H,4-8,10-11,13-17,19-20,23-24,26,28-29,35-73H2,1-3H3/b12-9-,21-18-,25-22-,30-27-,33-31-,34-32-. The Morgan fingerprint density at radius 3 is 0.747 bits per heavy atom. The van der Waals surface area contributed by atoms with Crippen molar-refractivity contribution in [1.29, 1.82) is 0 Å². The molecule has 6 nitrogen and oxygen atoms in total. The fourth-order valence-electron chi connectivity index (χ4n) is 10.7. The van der Waals surface area contributed by atoms with Crippen molar-refractivity contribution in [3.8, 4) is 0 Å². The monoisotopic (exact) mass is 1160 g/mol. The Labute approximate surface area is 516 Å². The van der Waals surface area contributed by atoms with Gasteiger partial charge in [-0.15, -0.1) is 0 Å². The molecule has 6 heteroatoms. The van der Waals surface area contributed by atoms with E-state index in [0.717, 1.165) is 89.9 Å². The fraction of sp³-hybridized carbons (Fsp3) is 0.805. The first-order valence-corrected chi connectivity index (χ1v) is 36.4. The third kappa shape index (κ3) is 69.5. The summed E-state index contributed by atoms with van der Waals surface area (Å²) in [5.41, 5.74) is 0. The van der Waals surface area contributed by atoms with Gasteiger partial charge in [0.05, 0.1) is 0 Å². The van der Waals surface area contributed by atoms with E-state index >= 15 is 0 Å². The molecule has 0 aromatic rings. The van der Waals surface area contributed by atoms with E-state index in [4.69, 9.17) is 14.2 Å². The van der Waals surface area contributed by atoms with E-state index in [1.807, 2.05) is 0 Å². The van der Waals surface area contributed by atoms with Gasteiger partial charge < -0.3 is 14.2 Å². The number of carbonyl (C=O) groups is 3. The van der Waals surface area contributed by atoms with Crippen LogP contribution in [0.15, 0.2) is 72.9 Å². The maximum atomic E-state index is 13.0. The van der Waals surface area contributed by atoms with Crippen LogP contribution in [-0.2, 0) is 28.6 Å². The van der Waals surface area contributed by atoms with Crippen LogP contribution in [0.3, 0.4) is 0 Å². The van der Waals surface area contributed by atoms with E-state index in [-0.39, 0.29) is 31.1 Å². The van der Waals surface area contributed by atoms with Crippen molar-refractivity contribution in [2.75, 3.05) is 13.2 Å². The Bertz CT molecular complexity index is 1520. The van der Waals surface area contributed by atoms with E-state index in [9.17, 15) is 14.4 Å². The summed E-state index contributed by atoms with van der Waals surface area (Å²) in [5.74, 6) is -0.866. The molecule has 0 amide bonds. The molecular weight excluding hydrogens is 1020 g/mol. The number of unbranched alkanes of at least 4 members (excludes halogenated alkanes) is 44. The van der Waals surface area contributed by atoms with Crippen LogP contribution in [-0.4, -0.2) is 37.2 Å². The van der Waals surface area contributed by atoms with Crippen LogP contribution in [0.2, 0.25) is 0 Å². The maximum absolute atomic E-state index is 13.0. The van der Waals surface area contributed by atoms with Gasteiger partial charge in [0.1, 0.15) is 13.2 Å². The van der Waals surface area contributed by atoms with Crippen molar-refractivity contribution in [1.82, 2.24) is 0 Å².